The van der Waals surface area contributed by atoms with Crippen LogP contribution in [0.2, 0.25) is 0 Å². The smallest absolute Gasteiger partial charge is 0.255 e. The standard InChI is InChI=1S/C25H26N2O3S/c1-3-17-7-5-8-18(4-2)23(17)26-24(29)19-10-12-20(13-11-19)25-27(22(28)16-31-25)15-21-9-6-14-30-21/h5-14,25H,3-4,15-16H2,1-2H3,(H,26,29)/t25-/m0/s1. The number of thioether (sulfide) groups is 1. The molecule has 0 spiro atoms. The quantitative estimate of drug-likeness (QED) is 0.539. The summed E-state index contributed by atoms with van der Waals surface area (Å²) < 4.78 is 5.42. The molecule has 1 aliphatic rings. The number of furan rings is 1. The molecule has 0 bridgehead atoms. The summed E-state index contributed by atoms with van der Waals surface area (Å²) in [5.41, 5.74) is 4.80. The Morgan fingerprint density at radius 3 is 2.39 bits per heavy atom. The summed E-state index contributed by atoms with van der Waals surface area (Å²) in [7, 11) is 0. The molecule has 1 atom stereocenters. The molecule has 2 aromatic carbocycles. The van der Waals surface area contributed by atoms with Crippen molar-refractivity contribution >= 4 is 29.3 Å². The van der Waals surface area contributed by atoms with E-state index in [1.807, 2.05) is 47.4 Å². The Labute approximate surface area is 186 Å². The molecule has 4 rings (SSSR count). The zero-order valence-corrected chi connectivity index (χ0v) is 18.6. The lowest BCUT2D eigenvalue weighted by Gasteiger charge is -2.23. The number of nitrogens with one attached hydrogen (secondary N) is 1. The minimum Gasteiger partial charge on any atom is -0.467 e. The van der Waals surface area contributed by atoms with Gasteiger partial charge in [-0.05, 0) is 53.8 Å². The Morgan fingerprint density at radius 2 is 1.77 bits per heavy atom. The van der Waals surface area contributed by atoms with Gasteiger partial charge in [0.25, 0.3) is 5.91 Å². The predicted molar refractivity (Wildman–Crippen MR) is 124 cm³/mol. The van der Waals surface area contributed by atoms with Gasteiger partial charge in [-0.2, -0.15) is 0 Å². The molecule has 0 saturated carbocycles. The van der Waals surface area contributed by atoms with E-state index in [0.717, 1.165) is 41.0 Å². The first-order chi connectivity index (χ1) is 15.1. The molecule has 2 heterocycles. The van der Waals surface area contributed by atoms with Crippen molar-refractivity contribution in [2.45, 2.75) is 38.6 Å². The van der Waals surface area contributed by atoms with Crippen LogP contribution in [-0.2, 0) is 24.2 Å². The van der Waals surface area contributed by atoms with E-state index in [-0.39, 0.29) is 17.2 Å². The summed E-state index contributed by atoms with van der Waals surface area (Å²) >= 11 is 1.59. The number of benzene rings is 2. The first-order valence-electron chi connectivity index (χ1n) is 10.6. The number of carbonyl (C=O) groups excluding carboxylic acids is 2. The molecule has 1 aliphatic heterocycles. The van der Waals surface area contributed by atoms with Gasteiger partial charge >= 0.3 is 0 Å². The fourth-order valence-corrected chi connectivity index (χ4v) is 5.05. The number of para-hydroxylation sites is 1. The Bertz CT molecular complexity index is 1040. The van der Waals surface area contributed by atoms with Crippen LogP contribution >= 0.6 is 11.8 Å². The highest BCUT2D eigenvalue weighted by Gasteiger charge is 2.33. The molecular weight excluding hydrogens is 408 g/mol. The number of rotatable bonds is 7. The van der Waals surface area contributed by atoms with Crippen LogP contribution in [0.4, 0.5) is 5.69 Å². The van der Waals surface area contributed by atoms with E-state index in [4.69, 9.17) is 4.42 Å². The number of amides is 2. The summed E-state index contributed by atoms with van der Waals surface area (Å²) in [5, 5.41) is 3.03. The molecule has 0 radical (unpaired) electrons. The SMILES string of the molecule is CCc1cccc(CC)c1NC(=O)c1ccc([C@@H]2SCC(=O)N2Cc2ccco2)cc1. The number of hydrogen-bond acceptors (Lipinski definition) is 4. The van der Waals surface area contributed by atoms with Crippen molar-refractivity contribution in [1.82, 2.24) is 4.90 Å². The van der Waals surface area contributed by atoms with E-state index in [1.165, 1.54) is 0 Å². The van der Waals surface area contributed by atoms with Gasteiger partial charge in [0.1, 0.15) is 11.1 Å². The van der Waals surface area contributed by atoms with Gasteiger partial charge in [-0.3, -0.25) is 9.59 Å². The zero-order valence-electron chi connectivity index (χ0n) is 17.8. The lowest BCUT2D eigenvalue weighted by molar-refractivity contribution is -0.128. The highest BCUT2D eigenvalue weighted by atomic mass is 32.2. The summed E-state index contributed by atoms with van der Waals surface area (Å²) in [4.78, 5) is 27.1. The molecule has 3 aromatic rings. The highest BCUT2D eigenvalue weighted by molar-refractivity contribution is 8.00. The third kappa shape index (κ3) is 4.54. The first-order valence-corrected chi connectivity index (χ1v) is 11.6. The largest absolute Gasteiger partial charge is 0.467 e. The molecule has 0 unspecified atom stereocenters. The average molecular weight is 435 g/mol. The molecule has 5 nitrogen and oxygen atoms in total. The van der Waals surface area contributed by atoms with Crippen LogP contribution in [0.1, 0.15) is 52.0 Å². The molecule has 0 aliphatic carbocycles. The number of hydrogen-bond donors (Lipinski definition) is 1. The monoisotopic (exact) mass is 434 g/mol. The Balaban J connectivity index is 1.50. The minimum absolute atomic E-state index is 0.0813. The van der Waals surface area contributed by atoms with E-state index in [1.54, 1.807) is 18.0 Å². The summed E-state index contributed by atoms with van der Waals surface area (Å²) in [6.45, 7) is 4.63. The Kier molecular flexibility index (Phi) is 6.47. The van der Waals surface area contributed by atoms with Crippen molar-refractivity contribution < 1.29 is 14.0 Å². The zero-order chi connectivity index (χ0) is 21.8. The van der Waals surface area contributed by atoms with Gasteiger partial charge in [-0.1, -0.05) is 44.2 Å². The van der Waals surface area contributed by atoms with Gasteiger partial charge in [0, 0.05) is 11.3 Å². The van der Waals surface area contributed by atoms with Crippen LogP contribution in [-0.4, -0.2) is 22.5 Å². The van der Waals surface area contributed by atoms with Crippen molar-refractivity contribution in [3.63, 3.8) is 0 Å². The van der Waals surface area contributed by atoms with Crippen LogP contribution in [0, 0.1) is 0 Å². The van der Waals surface area contributed by atoms with Gasteiger partial charge < -0.3 is 14.6 Å². The maximum atomic E-state index is 12.9. The van der Waals surface area contributed by atoms with E-state index in [2.05, 4.69) is 31.3 Å². The van der Waals surface area contributed by atoms with Crippen molar-refractivity contribution in [2.24, 2.45) is 0 Å². The van der Waals surface area contributed by atoms with Crippen LogP contribution in [0.25, 0.3) is 0 Å². The molecule has 1 fully saturated rings. The summed E-state index contributed by atoms with van der Waals surface area (Å²) in [6, 6.07) is 17.4. The average Bonchev–Trinajstić information content (AvgIpc) is 3.44. The second-order valence-corrected chi connectivity index (χ2v) is 8.57. The first kappa shape index (κ1) is 21.2. The Morgan fingerprint density at radius 1 is 1.06 bits per heavy atom. The molecular formula is C25H26N2O3S. The normalized spacial score (nSPS) is 16.0. The third-order valence-electron chi connectivity index (χ3n) is 5.57. The minimum atomic E-state index is -0.121. The lowest BCUT2D eigenvalue weighted by atomic mass is 10.0. The summed E-state index contributed by atoms with van der Waals surface area (Å²) in [6.07, 6.45) is 3.34. The van der Waals surface area contributed by atoms with Crippen LogP contribution in [0.15, 0.2) is 65.3 Å². The van der Waals surface area contributed by atoms with Gasteiger partial charge in [0.2, 0.25) is 5.91 Å². The topological polar surface area (TPSA) is 62.6 Å². The van der Waals surface area contributed by atoms with Crippen molar-refractivity contribution in [2.75, 3.05) is 11.1 Å². The van der Waals surface area contributed by atoms with E-state index in [9.17, 15) is 9.59 Å². The van der Waals surface area contributed by atoms with Crippen LogP contribution < -0.4 is 5.32 Å². The van der Waals surface area contributed by atoms with E-state index >= 15 is 0 Å². The third-order valence-corrected chi connectivity index (χ3v) is 6.83. The van der Waals surface area contributed by atoms with Gasteiger partial charge in [-0.15, -0.1) is 11.8 Å². The molecule has 2 amide bonds. The van der Waals surface area contributed by atoms with Crippen molar-refractivity contribution in [3.05, 3.63) is 88.9 Å². The Hall–Kier alpha value is -2.99. The number of carbonyl (C=O) groups is 2. The maximum Gasteiger partial charge on any atom is 0.255 e. The predicted octanol–water partition coefficient (Wildman–Crippen LogP) is 5.43. The molecule has 6 heteroatoms. The summed E-state index contributed by atoms with van der Waals surface area (Å²) in [5.74, 6) is 1.18. The van der Waals surface area contributed by atoms with E-state index in [0.29, 0.717) is 17.9 Å². The van der Waals surface area contributed by atoms with Gasteiger partial charge in [-0.25, -0.2) is 0 Å². The second kappa shape index (κ2) is 9.43. The molecule has 1 saturated heterocycles. The fraction of sp³-hybridized carbons (Fsp3) is 0.280. The second-order valence-electron chi connectivity index (χ2n) is 7.50. The number of anilines is 1. The van der Waals surface area contributed by atoms with E-state index < -0.39 is 0 Å². The van der Waals surface area contributed by atoms with Crippen LogP contribution in [0.5, 0.6) is 0 Å². The molecule has 1 N–H and O–H groups in total. The van der Waals surface area contributed by atoms with Crippen molar-refractivity contribution in [1.29, 1.82) is 0 Å². The molecule has 31 heavy (non-hydrogen) atoms. The van der Waals surface area contributed by atoms with Crippen LogP contribution in [0.3, 0.4) is 0 Å². The molecule has 1 aromatic heterocycles. The van der Waals surface area contributed by atoms with Gasteiger partial charge in [0.05, 0.1) is 18.6 Å². The fourth-order valence-electron chi connectivity index (χ4n) is 3.86. The highest BCUT2D eigenvalue weighted by Crippen LogP contribution is 2.39. The molecule has 160 valence electrons. The lowest BCUT2D eigenvalue weighted by Crippen LogP contribution is -2.27. The maximum absolute atomic E-state index is 12.9. The number of aryl methyl sites for hydroxylation is 2. The van der Waals surface area contributed by atoms with Gasteiger partial charge in [0.15, 0.2) is 0 Å². The van der Waals surface area contributed by atoms with Crippen molar-refractivity contribution in [3.8, 4) is 0 Å². The number of nitrogens with zero attached hydrogens (tertiary/aromatic N) is 1.